The summed E-state index contributed by atoms with van der Waals surface area (Å²) in [5.41, 5.74) is 1.30. The monoisotopic (exact) mass is 360 g/mol. The van der Waals surface area contributed by atoms with Gasteiger partial charge >= 0.3 is 0 Å². The maximum absolute atomic E-state index is 13.0. The molecule has 1 aliphatic heterocycles. The van der Waals surface area contributed by atoms with Gasteiger partial charge in [0.1, 0.15) is 0 Å². The van der Waals surface area contributed by atoms with Gasteiger partial charge in [0.25, 0.3) is 5.91 Å². The third-order valence-electron chi connectivity index (χ3n) is 4.23. The molecule has 1 saturated heterocycles. The summed E-state index contributed by atoms with van der Waals surface area (Å²) in [5.74, 6) is -0.191. The molecule has 8 heteroatoms. The van der Waals surface area contributed by atoms with Gasteiger partial charge in [-0.1, -0.05) is 12.1 Å². The van der Waals surface area contributed by atoms with E-state index >= 15 is 0 Å². The van der Waals surface area contributed by atoms with Crippen LogP contribution < -0.4 is 10.0 Å². The summed E-state index contributed by atoms with van der Waals surface area (Å²) >= 11 is 0. The second kappa shape index (κ2) is 7.30. The van der Waals surface area contributed by atoms with Crippen molar-refractivity contribution in [3.63, 3.8) is 0 Å². The molecule has 1 aromatic carbocycles. The highest BCUT2D eigenvalue weighted by Gasteiger charge is 2.29. The number of carbonyl (C=O) groups is 1. The number of benzene rings is 1. The minimum atomic E-state index is -3.59. The Bertz CT molecular complexity index is 855. The Balaban J connectivity index is 1.92. The van der Waals surface area contributed by atoms with Crippen LogP contribution in [-0.4, -0.2) is 50.9 Å². The van der Waals surface area contributed by atoms with Crippen LogP contribution in [0.1, 0.15) is 22.0 Å². The zero-order valence-corrected chi connectivity index (χ0v) is 14.7. The highest BCUT2D eigenvalue weighted by Crippen LogP contribution is 2.24. The molecular weight excluding hydrogens is 340 g/mol. The summed E-state index contributed by atoms with van der Waals surface area (Å²) < 4.78 is 26.2. The topological polar surface area (TPSA) is 91.4 Å². The van der Waals surface area contributed by atoms with Gasteiger partial charge in [0.05, 0.1) is 10.9 Å². The lowest BCUT2D eigenvalue weighted by atomic mass is 10.0. The van der Waals surface area contributed by atoms with E-state index in [-0.39, 0.29) is 16.8 Å². The lowest BCUT2D eigenvalue weighted by Gasteiger charge is -2.36. The summed E-state index contributed by atoms with van der Waals surface area (Å²) in [6.45, 7) is 1.87. The number of hydrogen-bond acceptors (Lipinski definition) is 5. The van der Waals surface area contributed by atoms with Gasteiger partial charge in [0.15, 0.2) is 0 Å². The van der Waals surface area contributed by atoms with Gasteiger partial charge in [-0.15, -0.1) is 0 Å². The molecule has 0 bridgehead atoms. The van der Waals surface area contributed by atoms with Crippen molar-refractivity contribution in [2.24, 2.45) is 0 Å². The van der Waals surface area contributed by atoms with Crippen LogP contribution in [-0.2, 0) is 10.0 Å². The van der Waals surface area contributed by atoms with Crippen molar-refractivity contribution in [3.8, 4) is 0 Å². The second-order valence-corrected chi connectivity index (χ2v) is 7.63. The smallest absolute Gasteiger partial charge is 0.254 e. The van der Waals surface area contributed by atoms with Crippen molar-refractivity contribution in [2.45, 2.75) is 10.9 Å². The standard InChI is InChI=1S/C17H20N4O3S/c1-18-25(23,24)15-6-2-4-13(10-15)17(22)21-9-8-20-12-16(21)14-5-3-7-19-11-14/h2-7,10-11,16,18,20H,8-9,12H2,1H3. The molecule has 0 aliphatic carbocycles. The van der Waals surface area contributed by atoms with Crippen LogP contribution in [0.15, 0.2) is 53.7 Å². The third-order valence-corrected chi connectivity index (χ3v) is 5.65. The summed E-state index contributed by atoms with van der Waals surface area (Å²) in [4.78, 5) is 19.0. The molecule has 0 saturated carbocycles. The number of amides is 1. The predicted octanol–water partition coefficient (Wildman–Crippen LogP) is 0.776. The Kier molecular flexibility index (Phi) is 5.12. The normalized spacial score (nSPS) is 18.1. The Morgan fingerprint density at radius 2 is 2.16 bits per heavy atom. The van der Waals surface area contributed by atoms with Crippen molar-refractivity contribution in [1.29, 1.82) is 0 Å². The lowest BCUT2D eigenvalue weighted by molar-refractivity contribution is 0.0633. The first kappa shape index (κ1) is 17.5. The number of nitrogens with zero attached hydrogens (tertiary/aromatic N) is 2. The molecular formula is C17H20N4O3S. The molecule has 1 atom stereocenters. The molecule has 3 rings (SSSR count). The Hall–Kier alpha value is -2.29. The fraction of sp³-hybridized carbons (Fsp3) is 0.294. The molecule has 1 aromatic heterocycles. The van der Waals surface area contributed by atoms with Crippen molar-refractivity contribution < 1.29 is 13.2 Å². The van der Waals surface area contributed by atoms with Gasteiger partial charge in [-0.25, -0.2) is 13.1 Å². The molecule has 2 N–H and O–H groups in total. The quantitative estimate of drug-likeness (QED) is 0.841. The van der Waals surface area contributed by atoms with Gasteiger partial charge in [-0.3, -0.25) is 9.78 Å². The molecule has 132 valence electrons. The summed E-state index contributed by atoms with van der Waals surface area (Å²) in [6, 6.07) is 9.74. The number of sulfonamides is 1. The van der Waals surface area contributed by atoms with E-state index in [0.29, 0.717) is 25.2 Å². The molecule has 0 spiro atoms. The first-order valence-electron chi connectivity index (χ1n) is 7.98. The van der Waals surface area contributed by atoms with E-state index in [0.717, 1.165) is 5.56 Å². The van der Waals surface area contributed by atoms with Crippen molar-refractivity contribution in [2.75, 3.05) is 26.7 Å². The third kappa shape index (κ3) is 3.71. The van der Waals surface area contributed by atoms with Crippen LogP contribution in [0, 0.1) is 0 Å². The zero-order valence-electron chi connectivity index (χ0n) is 13.8. The van der Waals surface area contributed by atoms with Crippen molar-refractivity contribution in [1.82, 2.24) is 19.9 Å². The molecule has 2 aromatic rings. The molecule has 0 radical (unpaired) electrons. The van der Waals surface area contributed by atoms with Crippen LogP contribution in [0.3, 0.4) is 0 Å². The van der Waals surface area contributed by atoms with Crippen LogP contribution in [0.5, 0.6) is 0 Å². The van der Waals surface area contributed by atoms with Gasteiger partial charge in [-0.2, -0.15) is 0 Å². The molecule has 25 heavy (non-hydrogen) atoms. The van der Waals surface area contributed by atoms with Crippen molar-refractivity contribution >= 4 is 15.9 Å². The Morgan fingerprint density at radius 1 is 1.32 bits per heavy atom. The van der Waals surface area contributed by atoms with E-state index in [1.165, 1.54) is 19.2 Å². The molecule has 1 aliphatic rings. The fourth-order valence-electron chi connectivity index (χ4n) is 2.90. The summed E-state index contributed by atoms with van der Waals surface area (Å²) in [5, 5.41) is 3.29. The largest absolute Gasteiger partial charge is 0.329 e. The molecule has 7 nitrogen and oxygen atoms in total. The first-order valence-corrected chi connectivity index (χ1v) is 9.46. The van der Waals surface area contributed by atoms with E-state index in [1.807, 2.05) is 12.1 Å². The van der Waals surface area contributed by atoms with Gasteiger partial charge in [-0.05, 0) is 36.9 Å². The van der Waals surface area contributed by atoms with Crippen LogP contribution in [0.25, 0.3) is 0 Å². The molecule has 1 fully saturated rings. The highest BCUT2D eigenvalue weighted by atomic mass is 32.2. The summed E-state index contributed by atoms with van der Waals surface area (Å²) in [6.07, 6.45) is 3.44. The predicted molar refractivity (Wildman–Crippen MR) is 93.6 cm³/mol. The molecule has 2 heterocycles. The van der Waals surface area contributed by atoms with E-state index in [9.17, 15) is 13.2 Å². The number of pyridine rings is 1. The van der Waals surface area contributed by atoms with Gasteiger partial charge in [0, 0.05) is 37.6 Å². The maximum atomic E-state index is 13.0. The Labute approximate surface area is 147 Å². The highest BCUT2D eigenvalue weighted by molar-refractivity contribution is 7.89. The number of piperazine rings is 1. The minimum Gasteiger partial charge on any atom is -0.329 e. The molecule has 1 unspecified atom stereocenters. The Morgan fingerprint density at radius 3 is 2.88 bits per heavy atom. The van der Waals surface area contributed by atoms with Crippen LogP contribution >= 0.6 is 0 Å². The maximum Gasteiger partial charge on any atom is 0.254 e. The van der Waals surface area contributed by atoms with E-state index in [2.05, 4.69) is 15.0 Å². The number of hydrogen-bond donors (Lipinski definition) is 2. The minimum absolute atomic E-state index is 0.0777. The second-order valence-electron chi connectivity index (χ2n) is 5.74. The van der Waals surface area contributed by atoms with Crippen LogP contribution in [0.2, 0.25) is 0 Å². The number of rotatable bonds is 4. The summed E-state index contributed by atoms with van der Waals surface area (Å²) in [7, 11) is -2.25. The van der Waals surface area contributed by atoms with Crippen molar-refractivity contribution in [3.05, 3.63) is 59.9 Å². The average molecular weight is 360 g/mol. The fourth-order valence-corrected chi connectivity index (χ4v) is 3.67. The SMILES string of the molecule is CNS(=O)(=O)c1cccc(C(=O)N2CCNCC2c2cccnc2)c1. The van der Waals surface area contributed by atoms with E-state index < -0.39 is 10.0 Å². The number of aromatic nitrogens is 1. The van der Waals surface area contributed by atoms with E-state index in [1.54, 1.807) is 29.4 Å². The van der Waals surface area contributed by atoms with E-state index in [4.69, 9.17) is 0 Å². The zero-order chi connectivity index (χ0) is 17.9. The van der Waals surface area contributed by atoms with Crippen LogP contribution in [0.4, 0.5) is 0 Å². The molecule has 1 amide bonds. The number of carbonyl (C=O) groups excluding carboxylic acids is 1. The van der Waals surface area contributed by atoms with Gasteiger partial charge < -0.3 is 10.2 Å². The lowest BCUT2D eigenvalue weighted by Crippen LogP contribution is -2.48. The average Bonchev–Trinajstić information content (AvgIpc) is 2.68. The first-order chi connectivity index (χ1) is 12.0. The number of nitrogens with one attached hydrogen (secondary N) is 2. The van der Waals surface area contributed by atoms with Gasteiger partial charge in [0.2, 0.25) is 10.0 Å².